The summed E-state index contributed by atoms with van der Waals surface area (Å²) < 4.78 is 13.3. The summed E-state index contributed by atoms with van der Waals surface area (Å²) >= 11 is 0. The summed E-state index contributed by atoms with van der Waals surface area (Å²) in [6, 6.07) is 4.08. The van der Waals surface area contributed by atoms with E-state index in [0.29, 0.717) is 44.8 Å². The van der Waals surface area contributed by atoms with Gasteiger partial charge in [-0.05, 0) is 13.0 Å². The van der Waals surface area contributed by atoms with E-state index in [1.165, 1.54) is 0 Å². The van der Waals surface area contributed by atoms with Crippen LogP contribution in [0.25, 0.3) is 16.9 Å². The zero-order chi connectivity index (χ0) is 23.7. The number of morpholine rings is 1. The van der Waals surface area contributed by atoms with Gasteiger partial charge >= 0.3 is 0 Å². The first kappa shape index (κ1) is 22.4. The summed E-state index contributed by atoms with van der Waals surface area (Å²) in [5.74, 6) is 8.45. The average molecular weight is 464 g/mol. The summed E-state index contributed by atoms with van der Waals surface area (Å²) in [5, 5.41) is 12.4. The number of likely N-dealkylation sites (tertiary alicyclic amines) is 1. The molecule has 0 radical (unpaired) electrons. The van der Waals surface area contributed by atoms with E-state index in [1.807, 2.05) is 17.0 Å². The third-order valence-corrected chi connectivity index (χ3v) is 6.74. The Morgan fingerprint density at radius 3 is 2.82 bits per heavy atom. The molecule has 3 aromatic heterocycles. The van der Waals surface area contributed by atoms with Gasteiger partial charge in [-0.25, -0.2) is 4.98 Å². The molecule has 1 amide bonds. The number of carbonyl (C=O) groups excluding carboxylic acids is 1. The van der Waals surface area contributed by atoms with Gasteiger partial charge in [0, 0.05) is 58.1 Å². The minimum atomic E-state index is -0.590. The molecule has 3 aromatic rings. The maximum Gasteiger partial charge on any atom is 0.219 e. The van der Waals surface area contributed by atoms with Crippen LogP contribution in [0.5, 0.6) is 0 Å². The lowest BCUT2D eigenvalue weighted by Gasteiger charge is -2.37. The number of hydrogen-bond acceptors (Lipinski definition) is 7. The van der Waals surface area contributed by atoms with Gasteiger partial charge in [0.2, 0.25) is 5.91 Å². The molecule has 178 valence electrons. The van der Waals surface area contributed by atoms with E-state index in [4.69, 9.17) is 14.5 Å². The first-order valence-electron chi connectivity index (χ1n) is 11.6. The standard InChI is InChI=1S/C24H29N7O3/c1-17-16-34-13-12-30(17)22-14-19(4-6-24(33-3)7-10-29(11-8-24)18(2)32)20-15-26-31(23(20)27-22)21-5-9-25-28-21/h5,9,14-15,17H,7-8,10-13,16H2,1-3H3,(H,25,28)/t17-/m1/s1. The van der Waals surface area contributed by atoms with Crippen LogP contribution >= 0.6 is 0 Å². The molecule has 0 aliphatic carbocycles. The molecule has 2 fully saturated rings. The van der Waals surface area contributed by atoms with Crippen molar-refractivity contribution in [3.63, 3.8) is 0 Å². The number of aromatic amines is 1. The van der Waals surface area contributed by atoms with Crippen molar-refractivity contribution in [2.75, 3.05) is 44.9 Å². The molecule has 0 bridgehead atoms. The minimum Gasteiger partial charge on any atom is -0.377 e. The second-order valence-electron chi connectivity index (χ2n) is 8.84. The van der Waals surface area contributed by atoms with E-state index < -0.39 is 5.60 Å². The predicted octanol–water partition coefficient (Wildman–Crippen LogP) is 1.75. The molecule has 0 saturated carbocycles. The van der Waals surface area contributed by atoms with Crippen LogP contribution in [0.1, 0.15) is 32.3 Å². The first-order chi connectivity index (χ1) is 16.5. The van der Waals surface area contributed by atoms with Crippen LogP contribution in [-0.4, -0.2) is 87.4 Å². The zero-order valence-electron chi connectivity index (χ0n) is 19.7. The fourth-order valence-electron chi connectivity index (χ4n) is 4.59. The highest BCUT2D eigenvalue weighted by atomic mass is 16.5. The molecule has 5 rings (SSSR count). The molecule has 0 unspecified atom stereocenters. The molecule has 2 aliphatic rings. The van der Waals surface area contributed by atoms with Crippen molar-refractivity contribution in [2.24, 2.45) is 0 Å². The summed E-state index contributed by atoms with van der Waals surface area (Å²) in [6.07, 6.45) is 4.82. The molecule has 2 aliphatic heterocycles. The smallest absolute Gasteiger partial charge is 0.219 e. The van der Waals surface area contributed by atoms with Crippen molar-refractivity contribution < 1.29 is 14.3 Å². The number of fused-ring (bicyclic) bond motifs is 1. The molecule has 0 spiro atoms. The molecular formula is C24H29N7O3. The second-order valence-corrected chi connectivity index (χ2v) is 8.84. The van der Waals surface area contributed by atoms with E-state index in [-0.39, 0.29) is 11.9 Å². The number of carbonyl (C=O) groups is 1. The minimum absolute atomic E-state index is 0.0870. The highest BCUT2D eigenvalue weighted by Crippen LogP contribution is 2.28. The average Bonchev–Trinajstić information content (AvgIpc) is 3.53. The van der Waals surface area contributed by atoms with Gasteiger partial charge in [-0.1, -0.05) is 11.8 Å². The number of nitrogens with zero attached hydrogens (tertiary/aromatic N) is 6. The fourth-order valence-corrected chi connectivity index (χ4v) is 4.59. The lowest BCUT2D eigenvalue weighted by atomic mass is 9.91. The van der Waals surface area contributed by atoms with Gasteiger partial charge in [-0.15, -0.1) is 0 Å². The Balaban J connectivity index is 1.57. The van der Waals surface area contributed by atoms with E-state index in [2.05, 4.69) is 39.0 Å². The van der Waals surface area contributed by atoms with Crippen molar-refractivity contribution in [1.82, 2.24) is 29.9 Å². The Bertz CT molecular complexity index is 1230. The van der Waals surface area contributed by atoms with Crippen LogP contribution in [0.15, 0.2) is 24.5 Å². The van der Waals surface area contributed by atoms with Crippen molar-refractivity contribution in [3.05, 3.63) is 30.1 Å². The third kappa shape index (κ3) is 4.13. The number of ether oxygens (including phenoxy) is 2. The number of piperidine rings is 1. The molecule has 1 atom stereocenters. The van der Waals surface area contributed by atoms with Gasteiger partial charge in [0.15, 0.2) is 11.5 Å². The summed E-state index contributed by atoms with van der Waals surface area (Å²) in [5.41, 5.74) is 0.963. The molecular weight excluding hydrogens is 434 g/mol. The van der Waals surface area contributed by atoms with Gasteiger partial charge < -0.3 is 19.3 Å². The van der Waals surface area contributed by atoms with Gasteiger partial charge in [0.05, 0.1) is 37.0 Å². The van der Waals surface area contributed by atoms with Crippen LogP contribution < -0.4 is 4.90 Å². The van der Waals surface area contributed by atoms with Crippen LogP contribution in [0.4, 0.5) is 5.82 Å². The molecule has 10 nitrogen and oxygen atoms in total. The number of aromatic nitrogens is 5. The third-order valence-electron chi connectivity index (χ3n) is 6.74. The highest BCUT2D eigenvalue weighted by molar-refractivity contribution is 5.85. The number of nitrogens with one attached hydrogen (secondary N) is 1. The molecule has 34 heavy (non-hydrogen) atoms. The van der Waals surface area contributed by atoms with Crippen molar-refractivity contribution in [3.8, 4) is 17.7 Å². The maximum atomic E-state index is 11.8. The van der Waals surface area contributed by atoms with Crippen LogP contribution in [0, 0.1) is 11.8 Å². The Labute approximate surface area is 198 Å². The highest BCUT2D eigenvalue weighted by Gasteiger charge is 2.34. The van der Waals surface area contributed by atoms with Crippen LogP contribution in [0.3, 0.4) is 0 Å². The zero-order valence-corrected chi connectivity index (χ0v) is 19.7. The van der Waals surface area contributed by atoms with Gasteiger partial charge in [-0.3, -0.25) is 9.89 Å². The Kier molecular flexibility index (Phi) is 5.98. The number of anilines is 1. The Morgan fingerprint density at radius 2 is 2.15 bits per heavy atom. The van der Waals surface area contributed by atoms with E-state index in [1.54, 1.807) is 31.1 Å². The van der Waals surface area contributed by atoms with Gasteiger partial charge in [-0.2, -0.15) is 14.9 Å². The quantitative estimate of drug-likeness (QED) is 0.591. The van der Waals surface area contributed by atoms with E-state index >= 15 is 0 Å². The monoisotopic (exact) mass is 463 g/mol. The maximum absolute atomic E-state index is 11.8. The number of methoxy groups -OCH3 is 1. The topological polar surface area (TPSA) is 101 Å². The van der Waals surface area contributed by atoms with E-state index in [0.717, 1.165) is 29.1 Å². The number of pyridine rings is 1. The predicted molar refractivity (Wildman–Crippen MR) is 127 cm³/mol. The lowest BCUT2D eigenvalue weighted by molar-refractivity contribution is -0.132. The Hall–Kier alpha value is -3.42. The molecule has 5 heterocycles. The largest absolute Gasteiger partial charge is 0.377 e. The lowest BCUT2D eigenvalue weighted by Crippen LogP contribution is -2.46. The first-order valence-corrected chi connectivity index (χ1v) is 11.6. The van der Waals surface area contributed by atoms with Crippen LogP contribution in [-0.2, 0) is 14.3 Å². The molecule has 10 heteroatoms. The SMILES string of the molecule is COC1(C#Cc2cc(N3CCOC[C@H]3C)nc3c2cnn3-c2ccn[nH]2)CCN(C(C)=O)CC1. The summed E-state index contributed by atoms with van der Waals surface area (Å²) in [7, 11) is 1.69. The van der Waals surface area contributed by atoms with Crippen LogP contribution in [0.2, 0.25) is 0 Å². The number of rotatable bonds is 3. The second kappa shape index (κ2) is 9.08. The van der Waals surface area contributed by atoms with Crippen molar-refractivity contribution in [1.29, 1.82) is 0 Å². The Morgan fingerprint density at radius 1 is 1.32 bits per heavy atom. The number of H-pyrrole nitrogens is 1. The van der Waals surface area contributed by atoms with Gasteiger partial charge in [0.1, 0.15) is 11.4 Å². The fraction of sp³-hybridized carbons (Fsp3) is 0.500. The summed E-state index contributed by atoms with van der Waals surface area (Å²) in [6.45, 7) is 7.07. The molecule has 0 aromatic carbocycles. The summed E-state index contributed by atoms with van der Waals surface area (Å²) in [4.78, 5) is 20.8. The molecule has 1 N–H and O–H groups in total. The molecule has 2 saturated heterocycles. The number of hydrogen-bond donors (Lipinski definition) is 1. The van der Waals surface area contributed by atoms with Crippen molar-refractivity contribution >= 4 is 22.8 Å². The van der Waals surface area contributed by atoms with Gasteiger partial charge in [0.25, 0.3) is 0 Å². The van der Waals surface area contributed by atoms with E-state index in [9.17, 15) is 4.79 Å². The normalized spacial score (nSPS) is 20.3. The number of amides is 1. The van der Waals surface area contributed by atoms with Crippen molar-refractivity contribution in [2.45, 2.75) is 38.3 Å².